The maximum atomic E-state index is 12.2. The first-order valence-electron chi connectivity index (χ1n) is 6.54. The van der Waals surface area contributed by atoms with Crippen molar-refractivity contribution in [3.63, 3.8) is 0 Å². The van der Waals surface area contributed by atoms with E-state index in [1.54, 1.807) is 0 Å². The molecule has 4 nitrogen and oxygen atoms in total. The van der Waals surface area contributed by atoms with E-state index in [9.17, 15) is 4.79 Å². The normalized spacial score (nSPS) is 30.8. The Morgan fingerprint density at radius 1 is 1.12 bits per heavy atom. The molecule has 0 spiro atoms. The molecule has 1 amide bonds. The number of carbonyl (C=O) groups excluding carboxylic acids is 1. The molecule has 0 N–H and O–H groups in total. The molecule has 3 rings (SSSR count). The third kappa shape index (κ3) is 3.20. The molecule has 0 atom stereocenters. The van der Waals surface area contributed by atoms with Crippen LogP contribution in [0.4, 0.5) is 0 Å². The van der Waals surface area contributed by atoms with Crippen molar-refractivity contribution in [1.29, 1.82) is 0 Å². The van der Waals surface area contributed by atoms with Gasteiger partial charge in [0, 0.05) is 32.7 Å². The molecular formula is C12H24BrN3O. The van der Waals surface area contributed by atoms with Gasteiger partial charge in [-0.2, -0.15) is 0 Å². The second-order valence-electron chi connectivity index (χ2n) is 5.08. The van der Waals surface area contributed by atoms with Crippen LogP contribution >= 0.6 is 0 Å². The first-order valence-corrected chi connectivity index (χ1v) is 6.54. The summed E-state index contributed by atoms with van der Waals surface area (Å²) in [4.78, 5) is 16.6. The summed E-state index contributed by atoms with van der Waals surface area (Å²) in [6.07, 6.45) is 0. The number of amides is 1. The Labute approximate surface area is 115 Å². The highest BCUT2D eigenvalue weighted by Crippen LogP contribution is 2.19. The molecule has 5 heteroatoms. The smallest absolute Gasteiger partial charge is 0.277 e. The Morgan fingerprint density at radius 2 is 1.59 bits per heavy atom. The Hall–Kier alpha value is -0.130. The molecule has 0 aromatic carbocycles. The molecule has 0 saturated carbocycles. The zero-order valence-electron chi connectivity index (χ0n) is 11.0. The number of rotatable bonds is 4. The van der Waals surface area contributed by atoms with Crippen molar-refractivity contribution in [1.82, 2.24) is 9.80 Å². The molecule has 0 radical (unpaired) electrons. The van der Waals surface area contributed by atoms with Crippen molar-refractivity contribution in [2.75, 3.05) is 58.9 Å². The van der Waals surface area contributed by atoms with Crippen LogP contribution in [0.3, 0.4) is 0 Å². The molecule has 100 valence electrons. The van der Waals surface area contributed by atoms with Crippen LogP contribution in [-0.4, -0.2) is 79.1 Å². The fraction of sp³-hybridized carbons (Fsp3) is 0.917. The third-order valence-electron chi connectivity index (χ3n) is 4.26. The van der Waals surface area contributed by atoms with Gasteiger partial charge in [-0.25, -0.2) is 0 Å². The Morgan fingerprint density at radius 3 is 2.00 bits per heavy atom. The summed E-state index contributed by atoms with van der Waals surface area (Å²) in [5.41, 5.74) is 0. The van der Waals surface area contributed by atoms with Gasteiger partial charge in [0.05, 0.1) is 19.6 Å². The van der Waals surface area contributed by atoms with Gasteiger partial charge >= 0.3 is 0 Å². The number of carbonyl (C=O) groups is 1. The minimum absolute atomic E-state index is 0. The quantitative estimate of drug-likeness (QED) is 0.517. The van der Waals surface area contributed by atoms with Gasteiger partial charge in [-0.15, -0.1) is 0 Å². The van der Waals surface area contributed by atoms with Crippen LogP contribution < -0.4 is 17.0 Å². The number of piperazine rings is 3. The summed E-state index contributed by atoms with van der Waals surface area (Å²) in [7, 11) is 0. The zero-order chi connectivity index (χ0) is 11.6. The number of fused-ring (bicyclic) bond motifs is 3. The summed E-state index contributed by atoms with van der Waals surface area (Å²) in [5.74, 6) is 0.348. The van der Waals surface area contributed by atoms with Gasteiger partial charge in [0.1, 0.15) is 0 Å². The molecule has 2 bridgehead atoms. The Balaban J connectivity index is 0.00000144. The summed E-state index contributed by atoms with van der Waals surface area (Å²) < 4.78 is 1.05. The van der Waals surface area contributed by atoms with Crippen molar-refractivity contribution < 1.29 is 26.3 Å². The molecule has 3 aliphatic heterocycles. The first kappa shape index (κ1) is 14.9. The molecule has 0 aromatic heterocycles. The lowest BCUT2D eigenvalue weighted by Crippen LogP contribution is -3.00. The Bertz CT molecular complexity index is 247. The Kier molecular flexibility index (Phi) is 5.41. The van der Waals surface area contributed by atoms with Gasteiger partial charge < -0.3 is 26.4 Å². The van der Waals surface area contributed by atoms with E-state index in [0.29, 0.717) is 5.91 Å². The number of hydrogen-bond acceptors (Lipinski definition) is 2. The van der Waals surface area contributed by atoms with Gasteiger partial charge in [-0.3, -0.25) is 9.69 Å². The lowest BCUT2D eigenvalue weighted by atomic mass is 10.1. The van der Waals surface area contributed by atoms with Gasteiger partial charge in [-0.05, 0) is 13.8 Å². The van der Waals surface area contributed by atoms with E-state index >= 15 is 0 Å². The van der Waals surface area contributed by atoms with E-state index < -0.39 is 0 Å². The molecule has 3 fully saturated rings. The monoisotopic (exact) mass is 305 g/mol. The van der Waals surface area contributed by atoms with E-state index in [4.69, 9.17) is 0 Å². The fourth-order valence-corrected chi connectivity index (χ4v) is 2.93. The standard InChI is InChI=1S/C12H24N3O.BrH/c1-3-14(4-2)12(16)11-15-8-5-13(6-9-15)7-10-15;/h3-11H2,1-2H3;1H/q+1;/p-1. The van der Waals surface area contributed by atoms with Gasteiger partial charge in [0.15, 0.2) is 6.54 Å². The van der Waals surface area contributed by atoms with Crippen molar-refractivity contribution >= 4 is 5.91 Å². The maximum absolute atomic E-state index is 12.2. The molecule has 17 heavy (non-hydrogen) atoms. The van der Waals surface area contributed by atoms with Crippen LogP contribution in [0.5, 0.6) is 0 Å². The molecule has 3 heterocycles. The zero-order valence-corrected chi connectivity index (χ0v) is 12.6. The molecule has 3 saturated heterocycles. The predicted molar refractivity (Wildman–Crippen MR) is 64.1 cm³/mol. The van der Waals surface area contributed by atoms with Gasteiger partial charge in [0.2, 0.25) is 0 Å². The van der Waals surface area contributed by atoms with E-state index in [0.717, 1.165) is 24.1 Å². The summed E-state index contributed by atoms with van der Waals surface area (Å²) in [6, 6.07) is 0. The number of hydrogen-bond donors (Lipinski definition) is 0. The average Bonchev–Trinajstić information content (AvgIpc) is 2.32. The highest BCUT2D eigenvalue weighted by Gasteiger charge is 2.40. The van der Waals surface area contributed by atoms with Crippen LogP contribution in [-0.2, 0) is 4.79 Å². The molecular weight excluding hydrogens is 282 g/mol. The van der Waals surface area contributed by atoms with Crippen molar-refractivity contribution in [2.24, 2.45) is 0 Å². The molecule has 0 aliphatic carbocycles. The number of halogens is 1. The summed E-state index contributed by atoms with van der Waals surface area (Å²) in [6.45, 7) is 13.6. The highest BCUT2D eigenvalue weighted by molar-refractivity contribution is 5.77. The topological polar surface area (TPSA) is 23.6 Å². The minimum atomic E-state index is 0. The van der Waals surface area contributed by atoms with E-state index in [1.165, 1.54) is 39.3 Å². The van der Waals surface area contributed by atoms with Gasteiger partial charge in [0.25, 0.3) is 5.91 Å². The van der Waals surface area contributed by atoms with Crippen LogP contribution in [0.1, 0.15) is 13.8 Å². The highest BCUT2D eigenvalue weighted by atomic mass is 79.9. The van der Waals surface area contributed by atoms with Crippen LogP contribution in [0, 0.1) is 0 Å². The number of quaternary nitrogens is 1. The first-order chi connectivity index (χ1) is 7.69. The minimum Gasteiger partial charge on any atom is -1.00 e. The fourth-order valence-electron chi connectivity index (χ4n) is 2.93. The molecule has 3 aliphatic rings. The third-order valence-corrected chi connectivity index (χ3v) is 4.26. The number of likely N-dealkylation sites (N-methyl/N-ethyl adjacent to an activating group) is 1. The van der Waals surface area contributed by atoms with Crippen molar-refractivity contribution in [2.45, 2.75) is 13.8 Å². The van der Waals surface area contributed by atoms with Crippen molar-refractivity contribution in [3.05, 3.63) is 0 Å². The van der Waals surface area contributed by atoms with Crippen molar-refractivity contribution in [3.8, 4) is 0 Å². The average molecular weight is 306 g/mol. The van der Waals surface area contributed by atoms with E-state index in [2.05, 4.69) is 18.7 Å². The lowest BCUT2D eigenvalue weighted by Gasteiger charge is -2.50. The van der Waals surface area contributed by atoms with Crippen LogP contribution in [0.2, 0.25) is 0 Å². The molecule has 0 aromatic rings. The van der Waals surface area contributed by atoms with E-state index in [1.807, 2.05) is 4.90 Å². The van der Waals surface area contributed by atoms with Crippen LogP contribution in [0.25, 0.3) is 0 Å². The lowest BCUT2D eigenvalue weighted by molar-refractivity contribution is -0.934. The maximum Gasteiger partial charge on any atom is 0.277 e. The number of nitrogens with zero attached hydrogens (tertiary/aromatic N) is 3. The second kappa shape index (κ2) is 6.16. The van der Waals surface area contributed by atoms with E-state index in [-0.39, 0.29) is 17.0 Å². The summed E-state index contributed by atoms with van der Waals surface area (Å²) >= 11 is 0. The summed E-state index contributed by atoms with van der Waals surface area (Å²) in [5, 5.41) is 0. The predicted octanol–water partition coefficient (Wildman–Crippen LogP) is -3.00. The van der Waals surface area contributed by atoms with Gasteiger partial charge in [-0.1, -0.05) is 0 Å². The largest absolute Gasteiger partial charge is 1.00 e. The van der Waals surface area contributed by atoms with Crippen LogP contribution in [0.15, 0.2) is 0 Å². The molecule has 0 unspecified atom stereocenters. The SMILES string of the molecule is CCN(CC)C(=O)C[N+]12CCN(CC1)CC2.[Br-]. The second-order valence-corrected chi connectivity index (χ2v) is 5.08.